The van der Waals surface area contributed by atoms with Gasteiger partial charge in [-0.15, -0.1) is 0 Å². The molecule has 1 amide bonds. The fourth-order valence-corrected chi connectivity index (χ4v) is 2.37. The van der Waals surface area contributed by atoms with Gasteiger partial charge in [-0.1, -0.05) is 70.4 Å². The number of carbonyl (C=O) groups is 1. The average Bonchev–Trinajstić information content (AvgIpc) is 2.71. The van der Waals surface area contributed by atoms with Gasteiger partial charge in [-0.25, -0.2) is 0 Å². The number of aliphatic hydroxyl groups excluding tert-OH is 4. The number of nitrogens with two attached hydrogens (primary N) is 1. The van der Waals surface area contributed by atoms with Crippen LogP contribution in [0.5, 0.6) is 0 Å². The molecule has 0 heterocycles. The normalized spacial score (nSPS) is 10.2. The van der Waals surface area contributed by atoms with Crippen molar-refractivity contribution in [3.05, 3.63) is 12.2 Å². The van der Waals surface area contributed by atoms with E-state index in [1.807, 2.05) is 0 Å². The van der Waals surface area contributed by atoms with Gasteiger partial charge in [0.1, 0.15) is 0 Å². The molecule has 0 aromatic carbocycles. The summed E-state index contributed by atoms with van der Waals surface area (Å²) >= 11 is 0. The first-order valence-corrected chi connectivity index (χ1v) is 11.0. The predicted molar refractivity (Wildman–Crippen MR) is 117 cm³/mol. The van der Waals surface area contributed by atoms with Gasteiger partial charge in [-0.3, -0.25) is 4.79 Å². The van der Waals surface area contributed by atoms with Crippen LogP contribution in [0, 0.1) is 0 Å². The number of allylic oxidation sites excluding steroid dienone is 2. The highest BCUT2D eigenvalue weighted by Crippen LogP contribution is 2.09. The molecule has 0 saturated heterocycles. The molecule has 0 atom stereocenters. The number of primary amides is 1. The molecular weight excluding hydrogens is 358 g/mol. The van der Waals surface area contributed by atoms with Gasteiger partial charge in [0, 0.05) is 6.42 Å². The highest BCUT2D eigenvalue weighted by atomic mass is 16.3. The van der Waals surface area contributed by atoms with E-state index in [0.29, 0.717) is 6.42 Å². The van der Waals surface area contributed by atoms with Crippen LogP contribution in [0.4, 0.5) is 0 Å². The van der Waals surface area contributed by atoms with Gasteiger partial charge >= 0.3 is 0 Å². The molecule has 0 saturated carbocycles. The Morgan fingerprint density at radius 1 is 0.643 bits per heavy atom. The minimum Gasteiger partial charge on any atom is -0.394 e. The van der Waals surface area contributed by atoms with Crippen molar-refractivity contribution in [1.29, 1.82) is 0 Å². The molecule has 6 nitrogen and oxygen atoms in total. The van der Waals surface area contributed by atoms with Crippen molar-refractivity contribution in [2.24, 2.45) is 5.73 Å². The van der Waals surface area contributed by atoms with Gasteiger partial charge in [-0.2, -0.15) is 0 Å². The number of unbranched alkanes of at least 4 members (excludes halogenated alkanes) is 11. The summed E-state index contributed by atoms with van der Waals surface area (Å²) in [5, 5.41) is 30.5. The molecule has 0 aromatic rings. The second-order valence-electron chi connectivity index (χ2n) is 6.70. The van der Waals surface area contributed by atoms with Gasteiger partial charge in [0.15, 0.2) is 0 Å². The maximum Gasteiger partial charge on any atom is 0.217 e. The number of amides is 1. The van der Waals surface area contributed by atoms with E-state index in [1.54, 1.807) is 0 Å². The first kappa shape index (κ1) is 31.7. The molecule has 170 valence electrons. The number of rotatable bonds is 17. The Kier molecular flexibility index (Phi) is 38.1. The lowest BCUT2D eigenvalue weighted by Crippen LogP contribution is -2.09. The van der Waals surface area contributed by atoms with Crippen LogP contribution in [-0.4, -0.2) is 52.8 Å². The molecule has 0 bridgehead atoms. The SMILES string of the molecule is CCCCCCCC/C=C\CCCCCCCC(N)=O.OCCO.OCCO. The third kappa shape index (κ3) is 44.5. The fraction of sp³-hybridized carbons (Fsp3) is 0.864. The lowest BCUT2D eigenvalue weighted by molar-refractivity contribution is -0.118. The summed E-state index contributed by atoms with van der Waals surface area (Å²) in [6, 6.07) is 0. The van der Waals surface area contributed by atoms with Crippen molar-refractivity contribution in [1.82, 2.24) is 0 Å². The molecule has 6 N–H and O–H groups in total. The van der Waals surface area contributed by atoms with E-state index in [1.165, 1.54) is 70.6 Å². The van der Waals surface area contributed by atoms with Crippen LogP contribution in [0.25, 0.3) is 0 Å². The topological polar surface area (TPSA) is 124 Å². The number of aliphatic hydroxyl groups is 4. The van der Waals surface area contributed by atoms with E-state index < -0.39 is 0 Å². The number of carbonyl (C=O) groups excluding carboxylic acids is 1. The standard InChI is InChI=1S/C18H35NO.2C2H6O2/c1-2-3-4-5-6-7-8-9-10-11-12-13-14-15-16-17-18(19)20;2*3-1-2-4/h9-10H,2-8,11-17H2,1H3,(H2,19,20);2*3-4H,1-2H2/b10-9-;;. The molecule has 28 heavy (non-hydrogen) atoms. The summed E-state index contributed by atoms with van der Waals surface area (Å²) in [4.78, 5) is 10.5. The number of hydrogen-bond donors (Lipinski definition) is 5. The summed E-state index contributed by atoms with van der Waals surface area (Å²) in [5.74, 6) is -0.164. The molecular formula is C22H47NO5. The molecule has 6 heteroatoms. The van der Waals surface area contributed by atoms with Crippen molar-refractivity contribution < 1.29 is 25.2 Å². The Bertz CT molecular complexity index is 291. The van der Waals surface area contributed by atoms with Crippen LogP contribution >= 0.6 is 0 Å². The molecule has 0 aliphatic rings. The molecule has 0 radical (unpaired) electrons. The smallest absolute Gasteiger partial charge is 0.217 e. The van der Waals surface area contributed by atoms with Gasteiger partial charge in [0.05, 0.1) is 26.4 Å². The quantitative estimate of drug-likeness (QED) is 0.187. The van der Waals surface area contributed by atoms with Crippen LogP contribution in [0.2, 0.25) is 0 Å². The summed E-state index contributed by atoms with van der Waals surface area (Å²) in [7, 11) is 0. The van der Waals surface area contributed by atoms with Crippen molar-refractivity contribution >= 4 is 5.91 Å². The highest BCUT2D eigenvalue weighted by Gasteiger charge is 1.94. The Hall–Kier alpha value is -0.950. The molecule has 0 spiro atoms. The Morgan fingerprint density at radius 2 is 1.00 bits per heavy atom. The average molecular weight is 406 g/mol. The van der Waals surface area contributed by atoms with E-state index in [-0.39, 0.29) is 32.3 Å². The Labute approximate surface area is 172 Å². The van der Waals surface area contributed by atoms with E-state index in [4.69, 9.17) is 26.2 Å². The fourth-order valence-electron chi connectivity index (χ4n) is 2.37. The van der Waals surface area contributed by atoms with Crippen LogP contribution in [-0.2, 0) is 4.79 Å². The van der Waals surface area contributed by atoms with Crippen molar-refractivity contribution in [3.8, 4) is 0 Å². The zero-order chi connectivity index (χ0) is 21.7. The lowest BCUT2D eigenvalue weighted by Gasteiger charge is -1.99. The van der Waals surface area contributed by atoms with Crippen LogP contribution in [0.1, 0.15) is 96.8 Å². The lowest BCUT2D eigenvalue weighted by atomic mass is 10.1. The first-order chi connectivity index (χ1) is 13.6. The predicted octanol–water partition coefficient (Wildman–Crippen LogP) is 3.45. The van der Waals surface area contributed by atoms with Crippen molar-refractivity contribution in [2.45, 2.75) is 96.8 Å². The molecule has 0 rings (SSSR count). The zero-order valence-electron chi connectivity index (χ0n) is 18.2. The summed E-state index contributed by atoms with van der Waals surface area (Å²) in [5.41, 5.74) is 5.10. The monoisotopic (exact) mass is 405 g/mol. The van der Waals surface area contributed by atoms with Crippen LogP contribution in [0.15, 0.2) is 12.2 Å². The first-order valence-electron chi connectivity index (χ1n) is 11.0. The van der Waals surface area contributed by atoms with Crippen molar-refractivity contribution in [2.75, 3.05) is 26.4 Å². The molecule has 0 aliphatic heterocycles. The van der Waals surface area contributed by atoms with Gasteiger partial charge in [0.25, 0.3) is 0 Å². The Morgan fingerprint density at radius 3 is 1.36 bits per heavy atom. The third-order valence-electron chi connectivity index (χ3n) is 3.88. The largest absolute Gasteiger partial charge is 0.394 e. The van der Waals surface area contributed by atoms with Crippen LogP contribution < -0.4 is 5.73 Å². The minimum atomic E-state index is -0.164. The highest BCUT2D eigenvalue weighted by molar-refractivity contribution is 5.73. The number of hydrogen-bond acceptors (Lipinski definition) is 5. The second kappa shape index (κ2) is 33.6. The summed E-state index contributed by atoms with van der Waals surface area (Å²) in [6.07, 6.45) is 21.9. The minimum absolute atomic E-state index is 0.125. The second-order valence-corrected chi connectivity index (χ2v) is 6.70. The van der Waals surface area contributed by atoms with E-state index in [9.17, 15) is 4.79 Å². The molecule has 0 aliphatic carbocycles. The maximum absolute atomic E-state index is 10.5. The van der Waals surface area contributed by atoms with Crippen LogP contribution in [0.3, 0.4) is 0 Å². The molecule has 0 aromatic heterocycles. The van der Waals surface area contributed by atoms with E-state index in [0.717, 1.165) is 12.8 Å². The maximum atomic E-state index is 10.5. The molecule has 0 fully saturated rings. The van der Waals surface area contributed by atoms with Gasteiger partial charge in [0.2, 0.25) is 5.91 Å². The Balaban J connectivity index is -0.000000656. The summed E-state index contributed by atoms with van der Waals surface area (Å²) < 4.78 is 0. The third-order valence-corrected chi connectivity index (χ3v) is 3.88. The van der Waals surface area contributed by atoms with Gasteiger partial charge < -0.3 is 26.2 Å². The van der Waals surface area contributed by atoms with Crippen molar-refractivity contribution in [3.63, 3.8) is 0 Å². The molecule has 0 unspecified atom stereocenters. The van der Waals surface area contributed by atoms with E-state index in [2.05, 4.69) is 19.1 Å². The van der Waals surface area contributed by atoms with E-state index >= 15 is 0 Å². The zero-order valence-corrected chi connectivity index (χ0v) is 18.2. The van der Waals surface area contributed by atoms with Gasteiger partial charge in [-0.05, 0) is 32.1 Å². The summed E-state index contributed by atoms with van der Waals surface area (Å²) in [6.45, 7) is 1.76.